The molecule has 0 aromatic heterocycles. The summed E-state index contributed by atoms with van der Waals surface area (Å²) >= 11 is 0. The van der Waals surface area contributed by atoms with Gasteiger partial charge in [-0.2, -0.15) is 0 Å². The van der Waals surface area contributed by atoms with E-state index in [1.165, 1.54) is 0 Å². The zero-order chi connectivity index (χ0) is 35.7. The molecule has 11 N–H and O–H groups in total. The van der Waals surface area contributed by atoms with E-state index in [1.54, 1.807) is 27.7 Å². The summed E-state index contributed by atoms with van der Waals surface area (Å²) in [4.78, 5) is 87.4. The lowest BCUT2D eigenvalue weighted by molar-refractivity contribution is -0.144. The number of amides is 5. The van der Waals surface area contributed by atoms with Crippen molar-refractivity contribution in [1.82, 2.24) is 26.6 Å². The normalized spacial score (nSPS) is 16.4. The average molecular weight is 661 g/mol. The van der Waals surface area contributed by atoms with Gasteiger partial charge in [0.05, 0.1) is 19.3 Å². The number of carboxylic acid groups (broad SMARTS) is 2. The van der Waals surface area contributed by atoms with Crippen LogP contribution in [0.25, 0.3) is 0 Å². The minimum Gasteiger partial charge on any atom is -0.481 e. The van der Waals surface area contributed by atoms with E-state index in [4.69, 9.17) is 10.8 Å². The summed E-state index contributed by atoms with van der Waals surface area (Å²) < 4.78 is 0. The van der Waals surface area contributed by atoms with E-state index >= 15 is 0 Å². The molecule has 0 aromatic carbocycles. The maximum absolute atomic E-state index is 13.1. The van der Waals surface area contributed by atoms with E-state index in [0.717, 1.165) is 0 Å². The van der Waals surface area contributed by atoms with Crippen molar-refractivity contribution in [3.63, 3.8) is 0 Å². The monoisotopic (exact) mass is 660 g/mol. The molecule has 0 fully saturated rings. The van der Waals surface area contributed by atoms with E-state index in [2.05, 4.69) is 26.6 Å². The van der Waals surface area contributed by atoms with Gasteiger partial charge < -0.3 is 52.7 Å². The number of hydrogen-bond acceptors (Lipinski definition) is 10. The number of hydrogen-bond donors (Lipinski definition) is 10. The highest BCUT2D eigenvalue weighted by Crippen LogP contribution is 2.13. The van der Waals surface area contributed by atoms with Crippen LogP contribution in [0.3, 0.4) is 0 Å². The van der Waals surface area contributed by atoms with E-state index in [-0.39, 0.29) is 18.8 Å². The minimum absolute atomic E-state index is 0.0486. The molecule has 0 spiro atoms. The maximum Gasteiger partial charge on any atom is 0.326 e. The molecule has 8 atom stereocenters. The van der Waals surface area contributed by atoms with Gasteiger partial charge >= 0.3 is 11.9 Å². The van der Waals surface area contributed by atoms with Crippen LogP contribution in [0.1, 0.15) is 73.6 Å². The average Bonchev–Trinajstić information content (AvgIpc) is 2.99. The van der Waals surface area contributed by atoms with Crippen LogP contribution in [-0.2, 0) is 33.6 Å². The lowest BCUT2D eigenvalue weighted by Crippen LogP contribution is -2.61. The topological polar surface area (TPSA) is 287 Å². The van der Waals surface area contributed by atoms with Crippen LogP contribution in [0.5, 0.6) is 0 Å². The Morgan fingerprint density at radius 2 is 1.02 bits per heavy atom. The van der Waals surface area contributed by atoms with Crippen molar-refractivity contribution in [1.29, 1.82) is 0 Å². The smallest absolute Gasteiger partial charge is 0.326 e. The molecule has 0 heterocycles. The van der Waals surface area contributed by atoms with Gasteiger partial charge in [-0.05, 0) is 30.6 Å². The van der Waals surface area contributed by atoms with Gasteiger partial charge in [0.25, 0.3) is 0 Å². The maximum atomic E-state index is 13.1. The van der Waals surface area contributed by atoms with Crippen molar-refractivity contribution >= 4 is 41.5 Å². The molecule has 0 unspecified atom stereocenters. The van der Waals surface area contributed by atoms with Crippen molar-refractivity contribution in [2.45, 2.75) is 110 Å². The zero-order valence-corrected chi connectivity index (χ0v) is 27.4. The van der Waals surface area contributed by atoms with E-state index in [9.17, 15) is 48.9 Å². The Hall–Kier alpha value is -3.83. The van der Waals surface area contributed by atoms with Crippen molar-refractivity contribution in [2.75, 3.05) is 13.2 Å². The molecule has 0 aliphatic rings. The third-order valence-electron chi connectivity index (χ3n) is 7.54. The summed E-state index contributed by atoms with van der Waals surface area (Å²) in [6.07, 6.45) is 0.258. The second-order valence-electron chi connectivity index (χ2n) is 11.8. The molecule has 17 heteroatoms. The van der Waals surface area contributed by atoms with Gasteiger partial charge in [-0.3, -0.25) is 28.8 Å². The molecule has 0 aromatic rings. The first kappa shape index (κ1) is 42.2. The van der Waals surface area contributed by atoms with Gasteiger partial charge in [0.2, 0.25) is 29.5 Å². The van der Waals surface area contributed by atoms with Gasteiger partial charge in [-0.25, -0.2) is 4.79 Å². The quantitative estimate of drug-likeness (QED) is 0.0593. The predicted octanol–water partition coefficient (Wildman–Crippen LogP) is -2.19. The molecule has 264 valence electrons. The molecule has 0 aliphatic carbocycles. The molecule has 0 saturated carbocycles. The van der Waals surface area contributed by atoms with Crippen LogP contribution in [0, 0.1) is 17.8 Å². The number of nitrogens with two attached hydrogens (primary N) is 1. The minimum atomic E-state index is -1.69. The molecule has 5 amide bonds. The Labute approximate surface area is 268 Å². The first-order chi connectivity index (χ1) is 21.4. The Kier molecular flexibility index (Phi) is 19.3. The number of aliphatic carboxylic acids is 2. The van der Waals surface area contributed by atoms with Crippen LogP contribution >= 0.6 is 0 Å². The number of carbonyl (C=O) groups excluding carboxylic acids is 5. The number of aliphatic hydroxyl groups excluding tert-OH is 2. The van der Waals surface area contributed by atoms with E-state index in [1.807, 2.05) is 13.8 Å². The number of aliphatic hydroxyl groups is 2. The van der Waals surface area contributed by atoms with Gasteiger partial charge in [-0.15, -0.1) is 0 Å². The summed E-state index contributed by atoms with van der Waals surface area (Å²) in [5.74, 6) is -7.98. The number of nitrogens with one attached hydrogen (secondary N) is 5. The molecular weight excluding hydrogens is 608 g/mol. The SMILES string of the molecule is CC[C@H](C)[C@H](NC(=O)[C@@H](NC(=O)[C@H](CO)NC(=O)[C@H](CO)NC(=O)[C@H](CCC(=O)O)NC(=O)[C@@H](N)CC(C)C)[C@@H](C)CC)C(=O)O. The molecular formula is C29H52N6O11. The molecule has 0 saturated heterocycles. The number of rotatable bonds is 22. The number of carboxylic acids is 2. The summed E-state index contributed by atoms with van der Waals surface area (Å²) in [6.45, 7) is 8.51. The van der Waals surface area contributed by atoms with Gasteiger partial charge in [0.15, 0.2) is 0 Å². The zero-order valence-electron chi connectivity index (χ0n) is 27.4. The Morgan fingerprint density at radius 3 is 1.43 bits per heavy atom. The second-order valence-corrected chi connectivity index (χ2v) is 11.8. The largest absolute Gasteiger partial charge is 0.481 e. The third kappa shape index (κ3) is 14.5. The summed E-state index contributed by atoms with van der Waals surface area (Å²) in [7, 11) is 0. The Bertz CT molecular complexity index is 1060. The highest BCUT2D eigenvalue weighted by Gasteiger charge is 2.35. The molecule has 0 aliphatic heterocycles. The highest BCUT2D eigenvalue weighted by atomic mass is 16.4. The molecule has 0 bridgehead atoms. The first-order valence-corrected chi connectivity index (χ1v) is 15.4. The third-order valence-corrected chi connectivity index (χ3v) is 7.54. The van der Waals surface area contributed by atoms with Crippen LogP contribution in [-0.4, -0.2) is 111 Å². The van der Waals surface area contributed by atoms with Crippen molar-refractivity contribution < 1.29 is 54.0 Å². The van der Waals surface area contributed by atoms with Gasteiger partial charge in [0.1, 0.15) is 30.2 Å². The van der Waals surface area contributed by atoms with Crippen LogP contribution < -0.4 is 32.3 Å². The fourth-order valence-electron chi connectivity index (χ4n) is 4.25. The van der Waals surface area contributed by atoms with E-state index < -0.39 is 109 Å². The van der Waals surface area contributed by atoms with Crippen molar-refractivity contribution in [3.8, 4) is 0 Å². The molecule has 46 heavy (non-hydrogen) atoms. The summed E-state index contributed by atoms with van der Waals surface area (Å²) in [6, 6.07) is -8.22. The summed E-state index contributed by atoms with van der Waals surface area (Å²) in [5, 5.41) is 49.9. The van der Waals surface area contributed by atoms with Crippen LogP contribution in [0.15, 0.2) is 0 Å². The lowest BCUT2D eigenvalue weighted by atomic mass is 9.95. The fourth-order valence-corrected chi connectivity index (χ4v) is 4.25. The molecule has 0 rings (SSSR count). The highest BCUT2D eigenvalue weighted by molar-refractivity contribution is 5.96. The first-order valence-electron chi connectivity index (χ1n) is 15.4. The lowest BCUT2D eigenvalue weighted by Gasteiger charge is -2.29. The fraction of sp³-hybridized carbons (Fsp3) is 0.759. The van der Waals surface area contributed by atoms with E-state index in [0.29, 0.717) is 12.8 Å². The van der Waals surface area contributed by atoms with Crippen LogP contribution in [0.2, 0.25) is 0 Å². The van der Waals surface area contributed by atoms with Crippen molar-refractivity contribution in [2.24, 2.45) is 23.5 Å². The Balaban J connectivity index is 5.74. The molecule has 17 nitrogen and oxygen atoms in total. The van der Waals surface area contributed by atoms with Crippen molar-refractivity contribution in [3.05, 3.63) is 0 Å². The standard InChI is InChI=1S/C29H52N6O11/c1-7-15(5)22(28(44)35-23(29(45)46)16(6)8-2)34-27(43)20(13-37)33-26(42)19(12-36)32-25(41)18(9-10-21(38)39)31-24(40)17(30)11-14(3)4/h14-20,22-23,36-37H,7-13,30H2,1-6H3,(H,31,40)(H,32,41)(H,33,42)(H,34,43)(H,35,44)(H,38,39)(H,45,46)/t15-,16-,17-,18-,19-,20-,22-,23-/m0/s1. The van der Waals surface area contributed by atoms with Gasteiger partial charge in [-0.1, -0.05) is 54.4 Å². The van der Waals surface area contributed by atoms with Crippen LogP contribution in [0.4, 0.5) is 0 Å². The molecule has 0 radical (unpaired) electrons. The second kappa shape index (κ2) is 21.1. The summed E-state index contributed by atoms with van der Waals surface area (Å²) in [5.41, 5.74) is 5.86. The number of carbonyl (C=O) groups is 7. The van der Waals surface area contributed by atoms with Gasteiger partial charge in [0, 0.05) is 6.42 Å². The Morgan fingerprint density at radius 1 is 0.609 bits per heavy atom. The predicted molar refractivity (Wildman–Crippen MR) is 165 cm³/mol.